The Morgan fingerprint density at radius 2 is 2.00 bits per heavy atom. The summed E-state index contributed by atoms with van der Waals surface area (Å²) in [7, 11) is 0. The molecule has 2 aromatic rings. The van der Waals surface area contributed by atoms with E-state index >= 15 is 0 Å². The predicted molar refractivity (Wildman–Crippen MR) is 83.7 cm³/mol. The molecule has 2 rings (SSSR count). The van der Waals surface area contributed by atoms with Crippen molar-refractivity contribution in [3.8, 4) is 0 Å². The van der Waals surface area contributed by atoms with Crippen LogP contribution in [0, 0.1) is 6.92 Å². The summed E-state index contributed by atoms with van der Waals surface area (Å²) in [6.07, 6.45) is 0. The molecule has 1 aromatic heterocycles. The topological polar surface area (TPSA) is 69.6 Å². The van der Waals surface area contributed by atoms with Gasteiger partial charge in [-0.15, -0.1) is 11.3 Å². The van der Waals surface area contributed by atoms with Crippen molar-refractivity contribution in [3.05, 3.63) is 57.3 Å². The van der Waals surface area contributed by atoms with E-state index in [1.807, 2.05) is 44.2 Å². The minimum Gasteiger partial charge on any atom is -0.477 e. The molecule has 0 saturated carbocycles. The van der Waals surface area contributed by atoms with Crippen molar-refractivity contribution < 1.29 is 15.0 Å². The summed E-state index contributed by atoms with van der Waals surface area (Å²) in [5, 5.41) is 22.1. The molecule has 0 aliphatic carbocycles. The average Bonchev–Trinajstić information content (AvgIpc) is 2.87. The first kappa shape index (κ1) is 15.7. The molecule has 0 radical (unpaired) electrons. The molecule has 1 aromatic carbocycles. The number of aromatic carboxylic acids is 1. The summed E-state index contributed by atoms with van der Waals surface area (Å²) < 4.78 is 0. The smallest absolute Gasteiger partial charge is 0.345 e. The first-order valence-electron chi connectivity index (χ1n) is 6.70. The van der Waals surface area contributed by atoms with Crippen LogP contribution in [0.4, 0.5) is 0 Å². The van der Waals surface area contributed by atoms with Crippen LogP contribution >= 0.6 is 11.3 Å². The number of aryl methyl sites for hydroxylation is 1. The quantitative estimate of drug-likeness (QED) is 0.767. The third kappa shape index (κ3) is 3.50. The fourth-order valence-corrected chi connectivity index (χ4v) is 3.03. The molecule has 1 atom stereocenters. The predicted octanol–water partition coefficient (Wildman–Crippen LogP) is 2.75. The number of hydrogen-bond donors (Lipinski definition) is 3. The Morgan fingerprint density at radius 3 is 2.52 bits per heavy atom. The zero-order valence-corrected chi connectivity index (χ0v) is 12.9. The summed E-state index contributed by atoms with van der Waals surface area (Å²) >= 11 is 1.27. The Hall–Kier alpha value is -1.69. The molecule has 0 spiro atoms. The van der Waals surface area contributed by atoms with E-state index in [0.717, 1.165) is 16.0 Å². The molecule has 3 N–H and O–H groups in total. The summed E-state index contributed by atoms with van der Waals surface area (Å²) in [5.41, 5.74) is 1.39. The van der Waals surface area contributed by atoms with Crippen molar-refractivity contribution in [1.29, 1.82) is 0 Å². The lowest BCUT2D eigenvalue weighted by Crippen LogP contribution is -2.42. The van der Waals surface area contributed by atoms with Gasteiger partial charge in [0.2, 0.25) is 0 Å². The number of thiophene rings is 1. The molecule has 0 fully saturated rings. The second-order valence-corrected chi connectivity index (χ2v) is 6.46. The molecule has 4 nitrogen and oxygen atoms in total. The highest BCUT2D eigenvalue weighted by Gasteiger charge is 2.25. The summed E-state index contributed by atoms with van der Waals surface area (Å²) in [6, 6.07) is 11.4. The average molecular weight is 305 g/mol. The van der Waals surface area contributed by atoms with E-state index in [1.54, 1.807) is 6.07 Å². The summed E-state index contributed by atoms with van der Waals surface area (Å²) in [4.78, 5) is 12.3. The maximum absolute atomic E-state index is 11.0. The van der Waals surface area contributed by atoms with Crippen molar-refractivity contribution in [2.24, 2.45) is 0 Å². The fraction of sp³-hybridized carbons (Fsp3) is 0.312. The van der Waals surface area contributed by atoms with Gasteiger partial charge in [-0.3, -0.25) is 0 Å². The molecule has 0 aliphatic rings. The third-order valence-corrected chi connectivity index (χ3v) is 4.71. The molecule has 1 unspecified atom stereocenters. The standard InChI is InChI=1S/C16H19NO3S/c1-11-12(8-14(21-11)15(19)20)9-17-16(2,10-18)13-6-4-3-5-7-13/h3-8,17-18H,9-10H2,1-2H3,(H,19,20). The second-order valence-electron chi connectivity index (χ2n) is 5.21. The maximum Gasteiger partial charge on any atom is 0.345 e. The molecule has 0 bridgehead atoms. The van der Waals surface area contributed by atoms with Gasteiger partial charge < -0.3 is 15.5 Å². The molecule has 0 amide bonds. The van der Waals surface area contributed by atoms with Crippen LogP contribution in [0.5, 0.6) is 0 Å². The number of nitrogens with one attached hydrogen (secondary N) is 1. The van der Waals surface area contributed by atoms with E-state index in [2.05, 4.69) is 5.32 Å². The molecule has 0 aliphatic heterocycles. The number of carbonyl (C=O) groups is 1. The van der Waals surface area contributed by atoms with Crippen LogP contribution in [0.3, 0.4) is 0 Å². The van der Waals surface area contributed by atoms with Crippen molar-refractivity contribution in [1.82, 2.24) is 5.32 Å². The fourth-order valence-electron chi connectivity index (χ4n) is 2.15. The van der Waals surface area contributed by atoms with Gasteiger partial charge in [0.15, 0.2) is 0 Å². The van der Waals surface area contributed by atoms with E-state index in [1.165, 1.54) is 11.3 Å². The Labute approximate surface area is 128 Å². The van der Waals surface area contributed by atoms with Crippen LogP contribution in [0.2, 0.25) is 0 Å². The monoisotopic (exact) mass is 305 g/mol. The van der Waals surface area contributed by atoms with Gasteiger partial charge in [0.05, 0.1) is 12.1 Å². The minimum atomic E-state index is -0.901. The number of benzene rings is 1. The van der Waals surface area contributed by atoms with Crippen molar-refractivity contribution in [2.75, 3.05) is 6.61 Å². The first-order chi connectivity index (χ1) is 9.96. The first-order valence-corrected chi connectivity index (χ1v) is 7.52. The van der Waals surface area contributed by atoms with E-state index in [4.69, 9.17) is 5.11 Å². The third-order valence-electron chi connectivity index (χ3n) is 3.63. The zero-order valence-electron chi connectivity index (χ0n) is 12.1. The van der Waals surface area contributed by atoms with Gasteiger partial charge in [-0.25, -0.2) is 4.79 Å². The molecule has 5 heteroatoms. The van der Waals surface area contributed by atoms with E-state index in [-0.39, 0.29) is 6.61 Å². The highest BCUT2D eigenvalue weighted by atomic mass is 32.1. The molecule has 0 saturated heterocycles. The maximum atomic E-state index is 11.0. The van der Waals surface area contributed by atoms with Gasteiger partial charge in [0.1, 0.15) is 4.88 Å². The van der Waals surface area contributed by atoms with Gasteiger partial charge in [-0.05, 0) is 31.0 Å². The molecule has 21 heavy (non-hydrogen) atoms. The zero-order chi connectivity index (χ0) is 15.5. The van der Waals surface area contributed by atoms with Gasteiger partial charge in [-0.2, -0.15) is 0 Å². The largest absolute Gasteiger partial charge is 0.477 e. The number of carboxylic acid groups (broad SMARTS) is 1. The number of rotatable bonds is 6. The van der Waals surface area contributed by atoms with Crippen molar-refractivity contribution >= 4 is 17.3 Å². The molecular weight excluding hydrogens is 286 g/mol. The van der Waals surface area contributed by atoms with Gasteiger partial charge in [-0.1, -0.05) is 30.3 Å². The number of aliphatic hydroxyl groups is 1. The van der Waals surface area contributed by atoms with Gasteiger partial charge >= 0.3 is 5.97 Å². The normalized spacial score (nSPS) is 13.9. The number of carboxylic acids is 1. The lowest BCUT2D eigenvalue weighted by atomic mass is 9.92. The van der Waals surface area contributed by atoms with Crippen LogP contribution < -0.4 is 5.32 Å². The van der Waals surface area contributed by atoms with E-state index in [9.17, 15) is 9.90 Å². The summed E-state index contributed by atoms with van der Waals surface area (Å²) in [5.74, 6) is -0.901. The van der Waals surface area contributed by atoms with Crippen LogP contribution in [-0.2, 0) is 12.1 Å². The molecule has 112 valence electrons. The number of aliphatic hydroxyl groups excluding tert-OH is 1. The minimum absolute atomic E-state index is 0.0357. The Morgan fingerprint density at radius 1 is 1.33 bits per heavy atom. The van der Waals surface area contributed by atoms with Gasteiger partial charge in [0.25, 0.3) is 0 Å². The van der Waals surface area contributed by atoms with Crippen molar-refractivity contribution in [2.45, 2.75) is 25.9 Å². The highest BCUT2D eigenvalue weighted by Crippen LogP contribution is 2.24. The van der Waals surface area contributed by atoms with Gasteiger partial charge in [0, 0.05) is 11.4 Å². The van der Waals surface area contributed by atoms with Crippen LogP contribution in [0.1, 0.15) is 32.6 Å². The lowest BCUT2D eigenvalue weighted by molar-refractivity contribution is 0.0702. The van der Waals surface area contributed by atoms with Crippen LogP contribution in [0.25, 0.3) is 0 Å². The number of hydrogen-bond acceptors (Lipinski definition) is 4. The van der Waals surface area contributed by atoms with Crippen LogP contribution in [-0.4, -0.2) is 22.8 Å². The SMILES string of the molecule is Cc1sc(C(=O)O)cc1CNC(C)(CO)c1ccccc1. The highest BCUT2D eigenvalue weighted by molar-refractivity contribution is 7.14. The van der Waals surface area contributed by atoms with E-state index in [0.29, 0.717) is 11.4 Å². The summed E-state index contributed by atoms with van der Waals surface area (Å²) in [6.45, 7) is 4.32. The molecular formula is C16H19NO3S. The van der Waals surface area contributed by atoms with Crippen molar-refractivity contribution in [3.63, 3.8) is 0 Å². The Balaban J connectivity index is 2.15. The van der Waals surface area contributed by atoms with Crippen LogP contribution in [0.15, 0.2) is 36.4 Å². The van der Waals surface area contributed by atoms with E-state index < -0.39 is 11.5 Å². The lowest BCUT2D eigenvalue weighted by Gasteiger charge is -2.29. The Kier molecular flexibility index (Phi) is 4.77. The Bertz CT molecular complexity index is 624. The second kappa shape index (κ2) is 6.39. The molecule has 1 heterocycles.